The maximum atomic E-state index is 12.0. The zero-order chi connectivity index (χ0) is 17.2. The molecule has 0 aromatic heterocycles. The molecule has 24 heavy (non-hydrogen) atoms. The van der Waals surface area contributed by atoms with Crippen molar-refractivity contribution >= 4 is 11.6 Å². The Labute approximate surface area is 140 Å². The van der Waals surface area contributed by atoms with E-state index in [2.05, 4.69) is 10.6 Å². The van der Waals surface area contributed by atoms with Crippen LogP contribution in [0.4, 0.5) is 5.69 Å². The van der Waals surface area contributed by atoms with Crippen molar-refractivity contribution in [1.29, 1.82) is 10.5 Å². The van der Waals surface area contributed by atoms with E-state index < -0.39 is 5.91 Å². The van der Waals surface area contributed by atoms with Gasteiger partial charge in [0.05, 0.1) is 11.6 Å². The Kier molecular flexibility index (Phi) is 6.14. The third-order valence-corrected chi connectivity index (χ3v) is 3.30. The van der Waals surface area contributed by atoms with Gasteiger partial charge in [0, 0.05) is 18.4 Å². The van der Waals surface area contributed by atoms with Gasteiger partial charge < -0.3 is 10.6 Å². The van der Waals surface area contributed by atoms with Crippen molar-refractivity contribution in [3.8, 4) is 12.1 Å². The predicted octanol–water partition coefficient (Wildman–Crippen LogP) is 2.74. The minimum Gasteiger partial charge on any atom is -0.360 e. The molecule has 0 fully saturated rings. The zero-order valence-electron chi connectivity index (χ0n) is 13.0. The van der Waals surface area contributed by atoms with Crippen molar-refractivity contribution < 1.29 is 4.79 Å². The monoisotopic (exact) mass is 316 g/mol. The van der Waals surface area contributed by atoms with Gasteiger partial charge in [0.2, 0.25) is 0 Å². The highest BCUT2D eigenvalue weighted by atomic mass is 16.1. The van der Waals surface area contributed by atoms with Crippen molar-refractivity contribution in [2.24, 2.45) is 0 Å². The molecule has 2 rings (SSSR count). The molecule has 2 aromatic carbocycles. The number of hydrogen-bond donors (Lipinski definition) is 2. The lowest BCUT2D eigenvalue weighted by Crippen LogP contribution is -2.27. The highest BCUT2D eigenvalue weighted by Crippen LogP contribution is 2.09. The lowest BCUT2D eigenvalue weighted by molar-refractivity contribution is -0.117. The quantitative estimate of drug-likeness (QED) is 0.633. The van der Waals surface area contributed by atoms with E-state index >= 15 is 0 Å². The van der Waals surface area contributed by atoms with Crippen LogP contribution >= 0.6 is 0 Å². The maximum Gasteiger partial charge on any atom is 0.263 e. The largest absolute Gasteiger partial charge is 0.360 e. The summed E-state index contributed by atoms with van der Waals surface area (Å²) in [4.78, 5) is 12.0. The number of carbonyl (C=O) groups is 1. The smallest absolute Gasteiger partial charge is 0.263 e. The number of hydrogen-bond acceptors (Lipinski definition) is 4. The lowest BCUT2D eigenvalue weighted by atomic mass is 10.1. The first-order chi connectivity index (χ1) is 11.7. The van der Waals surface area contributed by atoms with E-state index in [1.165, 1.54) is 6.20 Å². The summed E-state index contributed by atoms with van der Waals surface area (Å²) in [5.74, 6) is -0.422. The second-order valence-electron chi connectivity index (χ2n) is 4.99. The fourth-order valence-electron chi connectivity index (χ4n) is 2.01. The summed E-state index contributed by atoms with van der Waals surface area (Å²) in [5.41, 5.74) is 2.35. The third-order valence-electron chi connectivity index (χ3n) is 3.30. The summed E-state index contributed by atoms with van der Waals surface area (Å²) in [7, 11) is 0. The molecule has 0 bridgehead atoms. The van der Waals surface area contributed by atoms with Gasteiger partial charge in [-0.05, 0) is 36.2 Å². The van der Waals surface area contributed by atoms with Gasteiger partial charge in [0.1, 0.15) is 11.6 Å². The first-order valence-corrected chi connectivity index (χ1v) is 7.42. The normalized spacial score (nSPS) is 10.3. The van der Waals surface area contributed by atoms with Crippen LogP contribution in [0.2, 0.25) is 0 Å². The Morgan fingerprint density at radius 1 is 1.04 bits per heavy atom. The fraction of sp³-hybridized carbons (Fsp3) is 0.105. The van der Waals surface area contributed by atoms with Crippen LogP contribution in [0.5, 0.6) is 0 Å². The molecule has 0 saturated heterocycles. The van der Waals surface area contributed by atoms with Crippen molar-refractivity contribution in [3.05, 3.63) is 77.5 Å². The molecule has 0 radical (unpaired) electrons. The Hall–Kier alpha value is -3.57. The number of rotatable bonds is 6. The van der Waals surface area contributed by atoms with E-state index in [0.29, 0.717) is 24.2 Å². The zero-order valence-corrected chi connectivity index (χ0v) is 13.0. The molecule has 118 valence electrons. The fourth-order valence-corrected chi connectivity index (χ4v) is 2.01. The van der Waals surface area contributed by atoms with Gasteiger partial charge >= 0.3 is 0 Å². The molecule has 0 atom stereocenters. The summed E-state index contributed by atoms with van der Waals surface area (Å²) in [6, 6.07) is 20.4. The number of nitrogens with one attached hydrogen (secondary N) is 2. The first kappa shape index (κ1) is 16.8. The molecule has 0 aliphatic rings. The molecule has 5 heteroatoms. The molecule has 0 saturated carbocycles. The van der Waals surface area contributed by atoms with Gasteiger partial charge in [-0.25, -0.2) is 0 Å². The molecular formula is C19H16N4O. The van der Waals surface area contributed by atoms with Gasteiger partial charge in [-0.3, -0.25) is 4.79 Å². The Bertz CT molecular complexity index is 796. The average Bonchev–Trinajstić information content (AvgIpc) is 2.63. The molecule has 2 aromatic rings. The maximum absolute atomic E-state index is 12.0. The van der Waals surface area contributed by atoms with Crippen LogP contribution in [0.3, 0.4) is 0 Å². The van der Waals surface area contributed by atoms with Gasteiger partial charge in [-0.2, -0.15) is 10.5 Å². The summed E-state index contributed by atoms with van der Waals surface area (Å²) >= 11 is 0. The highest BCUT2D eigenvalue weighted by molar-refractivity contribution is 5.97. The van der Waals surface area contributed by atoms with Gasteiger partial charge in [-0.1, -0.05) is 30.3 Å². The molecule has 1 amide bonds. The van der Waals surface area contributed by atoms with E-state index in [1.54, 1.807) is 24.3 Å². The molecule has 0 unspecified atom stereocenters. The Balaban J connectivity index is 1.88. The Morgan fingerprint density at radius 2 is 1.75 bits per heavy atom. The van der Waals surface area contributed by atoms with E-state index in [9.17, 15) is 4.79 Å². The second-order valence-corrected chi connectivity index (χ2v) is 4.99. The third kappa shape index (κ3) is 5.01. The average molecular weight is 316 g/mol. The van der Waals surface area contributed by atoms with Crippen molar-refractivity contribution in [1.82, 2.24) is 5.32 Å². The van der Waals surface area contributed by atoms with Crippen LogP contribution in [0.15, 0.2) is 66.4 Å². The number of amides is 1. The minimum absolute atomic E-state index is 0.00702. The topological polar surface area (TPSA) is 88.7 Å². The second kappa shape index (κ2) is 8.77. The summed E-state index contributed by atoms with van der Waals surface area (Å²) in [6.45, 7) is 0.457. The van der Waals surface area contributed by atoms with E-state index in [1.807, 2.05) is 42.5 Å². The van der Waals surface area contributed by atoms with Crippen LogP contribution in [0, 0.1) is 22.7 Å². The van der Waals surface area contributed by atoms with E-state index in [-0.39, 0.29) is 5.57 Å². The molecule has 0 heterocycles. The van der Waals surface area contributed by atoms with Crippen molar-refractivity contribution in [2.75, 3.05) is 11.9 Å². The molecule has 0 aliphatic heterocycles. The van der Waals surface area contributed by atoms with Crippen molar-refractivity contribution in [3.63, 3.8) is 0 Å². The molecule has 5 nitrogen and oxygen atoms in total. The van der Waals surface area contributed by atoms with Gasteiger partial charge in [0.25, 0.3) is 5.91 Å². The summed E-state index contributed by atoms with van der Waals surface area (Å²) in [6.07, 6.45) is 2.06. The number of nitrogens with zero attached hydrogens (tertiary/aromatic N) is 2. The number of anilines is 1. The van der Waals surface area contributed by atoms with Crippen LogP contribution in [0.1, 0.15) is 11.1 Å². The number of benzene rings is 2. The standard InChI is InChI=1S/C19H16N4O/c20-12-16-6-8-18(9-7-16)23-14-17(13-21)19(24)22-11-10-15-4-2-1-3-5-15/h1-9,14,23H,10-11H2,(H,22,24)/b17-14-. The van der Waals surface area contributed by atoms with Crippen LogP contribution in [-0.2, 0) is 11.2 Å². The minimum atomic E-state index is -0.422. The van der Waals surface area contributed by atoms with E-state index in [0.717, 1.165) is 5.56 Å². The van der Waals surface area contributed by atoms with Gasteiger partial charge in [-0.15, -0.1) is 0 Å². The summed E-state index contributed by atoms with van der Waals surface area (Å²) < 4.78 is 0. The number of nitriles is 2. The van der Waals surface area contributed by atoms with E-state index in [4.69, 9.17) is 10.5 Å². The molecule has 2 N–H and O–H groups in total. The lowest BCUT2D eigenvalue weighted by Gasteiger charge is -2.05. The van der Waals surface area contributed by atoms with Crippen LogP contribution in [-0.4, -0.2) is 12.5 Å². The van der Waals surface area contributed by atoms with Crippen molar-refractivity contribution in [2.45, 2.75) is 6.42 Å². The molecule has 0 aliphatic carbocycles. The first-order valence-electron chi connectivity index (χ1n) is 7.42. The van der Waals surface area contributed by atoms with Crippen LogP contribution < -0.4 is 10.6 Å². The molecular weight excluding hydrogens is 300 g/mol. The number of carbonyl (C=O) groups excluding carboxylic acids is 1. The predicted molar refractivity (Wildman–Crippen MR) is 91.6 cm³/mol. The van der Waals surface area contributed by atoms with Gasteiger partial charge in [0.15, 0.2) is 0 Å². The Morgan fingerprint density at radius 3 is 2.38 bits per heavy atom. The van der Waals surface area contributed by atoms with Crippen LogP contribution in [0.25, 0.3) is 0 Å². The highest BCUT2D eigenvalue weighted by Gasteiger charge is 2.08. The summed E-state index contributed by atoms with van der Waals surface area (Å²) in [5, 5.41) is 23.5. The SMILES string of the molecule is N#C/C(=C/Nc1ccc(C#N)cc1)C(=O)NCCc1ccccc1. The molecule has 0 spiro atoms.